The molecule has 0 atom stereocenters. The van der Waals surface area contributed by atoms with Gasteiger partial charge < -0.3 is 10.2 Å². The van der Waals surface area contributed by atoms with E-state index in [1.807, 2.05) is 43.3 Å². The summed E-state index contributed by atoms with van der Waals surface area (Å²) in [5, 5.41) is 2.93. The summed E-state index contributed by atoms with van der Waals surface area (Å²) in [6, 6.07) is 14.8. The molecule has 170 valence electrons. The molecule has 7 nitrogen and oxygen atoms in total. The number of benzene rings is 2. The third-order valence-electron chi connectivity index (χ3n) is 6.34. The standard InChI is InChI=1S/C24H29N3O4S/c1-18-5-2-3-6-20(18)17-32(30,31)26-15-12-19(13-16-26)24(29)25-21-8-10-22(11-9-21)27-14-4-7-23(27)28/h2-3,5-6,8-11,19H,4,7,12-17H2,1H3,(H,25,29). The second-order valence-corrected chi connectivity index (χ2v) is 10.5. The zero-order valence-electron chi connectivity index (χ0n) is 18.3. The Morgan fingerprint density at radius 3 is 2.34 bits per heavy atom. The number of rotatable bonds is 6. The van der Waals surface area contributed by atoms with Gasteiger partial charge in [-0.05, 0) is 61.6 Å². The molecule has 2 aliphatic rings. The van der Waals surface area contributed by atoms with Crippen molar-refractivity contribution in [1.82, 2.24) is 4.31 Å². The van der Waals surface area contributed by atoms with Gasteiger partial charge >= 0.3 is 0 Å². The van der Waals surface area contributed by atoms with E-state index in [2.05, 4.69) is 5.32 Å². The molecule has 0 aromatic heterocycles. The lowest BCUT2D eigenvalue weighted by Gasteiger charge is -2.30. The highest BCUT2D eigenvalue weighted by Gasteiger charge is 2.31. The number of amides is 2. The van der Waals surface area contributed by atoms with Crippen LogP contribution in [0.4, 0.5) is 11.4 Å². The highest BCUT2D eigenvalue weighted by molar-refractivity contribution is 7.88. The Morgan fingerprint density at radius 2 is 1.72 bits per heavy atom. The van der Waals surface area contributed by atoms with Gasteiger partial charge in [0.2, 0.25) is 21.8 Å². The minimum absolute atomic E-state index is 0.0115. The molecule has 32 heavy (non-hydrogen) atoms. The summed E-state index contributed by atoms with van der Waals surface area (Å²) in [7, 11) is -3.41. The minimum atomic E-state index is -3.41. The van der Waals surface area contributed by atoms with E-state index in [9.17, 15) is 18.0 Å². The lowest BCUT2D eigenvalue weighted by Crippen LogP contribution is -2.42. The van der Waals surface area contributed by atoms with Gasteiger partial charge in [-0.2, -0.15) is 0 Å². The first-order valence-corrected chi connectivity index (χ1v) is 12.7. The molecule has 8 heteroatoms. The third-order valence-corrected chi connectivity index (χ3v) is 8.16. The molecule has 4 rings (SSSR count). The van der Waals surface area contributed by atoms with Crippen molar-refractivity contribution in [3.05, 3.63) is 59.7 Å². The summed E-state index contributed by atoms with van der Waals surface area (Å²) in [4.78, 5) is 26.3. The Bertz CT molecular complexity index is 1090. The fourth-order valence-electron chi connectivity index (χ4n) is 4.35. The van der Waals surface area contributed by atoms with Gasteiger partial charge in [0.1, 0.15) is 0 Å². The van der Waals surface area contributed by atoms with Crippen LogP contribution in [0.5, 0.6) is 0 Å². The quantitative estimate of drug-likeness (QED) is 0.724. The first-order chi connectivity index (χ1) is 15.3. The highest BCUT2D eigenvalue weighted by Crippen LogP contribution is 2.26. The van der Waals surface area contributed by atoms with Gasteiger partial charge in [-0.25, -0.2) is 12.7 Å². The SMILES string of the molecule is Cc1ccccc1CS(=O)(=O)N1CCC(C(=O)Nc2ccc(N3CCCC3=O)cc2)CC1. The number of hydrogen-bond acceptors (Lipinski definition) is 4. The largest absolute Gasteiger partial charge is 0.326 e. The number of carbonyl (C=O) groups is 2. The van der Waals surface area contributed by atoms with E-state index < -0.39 is 10.0 Å². The molecule has 2 aromatic carbocycles. The molecule has 2 heterocycles. The third kappa shape index (κ3) is 5.02. The summed E-state index contributed by atoms with van der Waals surface area (Å²) in [5.41, 5.74) is 3.30. The summed E-state index contributed by atoms with van der Waals surface area (Å²) in [6.45, 7) is 3.34. The number of anilines is 2. The second kappa shape index (κ2) is 9.42. The first-order valence-electron chi connectivity index (χ1n) is 11.1. The van der Waals surface area contributed by atoms with Crippen LogP contribution in [0, 0.1) is 12.8 Å². The zero-order chi connectivity index (χ0) is 22.7. The van der Waals surface area contributed by atoms with Crippen LogP contribution in [0.2, 0.25) is 0 Å². The van der Waals surface area contributed by atoms with Gasteiger partial charge in [0.15, 0.2) is 0 Å². The molecule has 2 amide bonds. The van der Waals surface area contributed by atoms with E-state index in [-0.39, 0.29) is 23.5 Å². The summed E-state index contributed by atoms with van der Waals surface area (Å²) in [5.74, 6) is -0.195. The van der Waals surface area contributed by atoms with Crippen LogP contribution in [-0.4, -0.2) is 44.2 Å². The maximum Gasteiger partial charge on any atom is 0.227 e. The van der Waals surface area contributed by atoms with Crippen molar-refractivity contribution in [1.29, 1.82) is 0 Å². The summed E-state index contributed by atoms with van der Waals surface area (Å²) >= 11 is 0. The van der Waals surface area contributed by atoms with Crippen LogP contribution >= 0.6 is 0 Å². The maximum atomic E-state index is 12.8. The lowest BCUT2D eigenvalue weighted by molar-refractivity contribution is -0.121. The number of sulfonamides is 1. The summed E-state index contributed by atoms with van der Waals surface area (Å²) < 4.78 is 27.2. The molecule has 0 spiro atoms. The molecule has 0 bridgehead atoms. The average Bonchev–Trinajstić information content (AvgIpc) is 3.22. The van der Waals surface area contributed by atoms with Crippen molar-refractivity contribution in [2.75, 3.05) is 29.9 Å². The van der Waals surface area contributed by atoms with E-state index in [1.165, 1.54) is 4.31 Å². The van der Waals surface area contributed by atoms with Gasteiger partial charge in [-0.3, -0.25) is 9.59 Å². The van der Waals surface area contributed by atoms with Crippen molar-refractivity contribution in [3.63, 3.8) is 0 Å². The number of nitrogens with zero attached hydrogens (tertiary/aromatic N) is 2. The van der Waals surface area contributed by atoms with Gasteiger partial charge in [-0.15, -0.1) is 0 Å². The van der Waals surface area contributed by atoms with Crippen molar-refractivity contribution < 1.29 is 18.0 Å². The van der Waals surface area contributed by atoms with E-state index in [1.54, 1.807) is 17.0 Å². The molecule has 2 aromatic rings. The first kappa shape index (κ1) is 22.5. The molecular formula is C24H29N3O4S. The Morgan fingerprint density at radius 1 is 1.03 bits per heavy atom. The van der Waals surface area contributed by atoms with Crippen LogP contribution in [0.25, 0.3) is 0 Å². The van der Waals surface area contributed by atoms with Crippen LogP contribution < -0.4 is 10.2 Å². The van der Waals surface area contributed by atoms with E-state index in [4.69, 9.17) is 0 Å². The molecule has 0 radical (unpaired) electrons. The van der Waals surface area contributed by atoms with Crippen LogP contribution in [0.1, 0.15) is 36.8 Å². The van der Waals surface area contributed by atoms with Crippen LogP contribution in [0.15, 0.2) is 48.5 Å². The normalized spacial score (nSPS) is 18.2. The monoisotopic (exact) mass is 455 g/mol. The number of aryl methyl sites for hydroxylation is 1. The van der Waals surface area contributed by atoms with Crippen molar-refractivity contribution in [2.24, 2.45) is 5.92 Å². The number of nitrogens with one attached hydrogen (secondary N) is 1. The minimum Gasteiger partial charge on any atom is -0.326 e. The van der Waals surface area contributed by atoms with Gasteiger partial charge in [0, 0.05) is 43.3 Å². The molecule has 0 saturated carbocycles. The van der Waals surface area contributed by atoms with E-state index in [0.29, 0.717) is 38.0 Å². The molecule has 0 aliphatic carbocycles. The topological polar surface area (TPSA) is 86.8 Å². The molecule has 2 fully saturated rings. The molecular weight excluding hydrogens is 426 g/mol. The van der Waals surface area contributed by atoms with Crippen LogP contribution in [0.3, 0.4) is 0 Å². The van der Waals surface area contributed by atoms with Crippen molar-refractivity contribution in [2.45, 2.75) is 38.4 Å². The average molecular weight is 456 g/mol. The van der Waals surface area contributed by atoms with Crippen molar-refractivity contribution in [3.8, 4) is 0 Å². The fraction of sp³-hybridized carbons (Fsp3) is 0.417. The van der Waals surface area contributed by atoms with Gasteiger partial charge in [-0.1, -0.05) is 24.3 Å². The maximum absolute atomic E-state index is 12.8. The predicted octanol–water partition coefficient (Wildman–Crippen LogP) is 3.30. The number of piperidine rings is 1. The van der Waals surface area contributed by atoms with E-state index >= 15 is 0 Å². The second-order valence-electron chi connectivity index (χ2n) is 8.54. The molecule has 2 saturated heterocycles. The lowest BCUT2D eigenvalue weighted by atomic mass is 9.97. The van der Waals surface area contributed by atoms with Crippen LogP contribution in [-0.2, 0) is 25.4 Å². The van der Waals surface area contributed by atoms with Gasteiger partial charge in [0.05, 0.1) is 5.75 Å². The predicted molar refractivity (Wildman–Crippen MR) is 125 cm³/mol. The zero-order valence-corrected chi connectivity index (χ0v) is 19.1. The van der Waals surface area contributed by atoms with Gasteiger partial charge in [0.25, 0.3) is 0 Å². The fourth-order valence-corrected chi connectivity index (χ4v) is 6.01. The Hall–Kier alpha value is -2.71. The molecule has 2 aliphatic heterocycles. The highest BCUT2D eigenvalue weighted by atomic mass is 32.2. The number of hydrogen-bond donors (Lipinski definition) is 1. The Kier molecular flexibility index (Phi) is 6.62. The Balaban J connectivity index is 1.30. The summed E-state index contributed by atoms with van der Waals surface area (Å²) in [6.07, 6.45) is 2.45. The Labute approximate surface area is 189 Å². The number of carbonyl (C=O) groups excluding carboxylic acids is 2. The van der Waals surface area contributed by atoms with Crippen molar-refractivity contribution >= 4 is 33.2 Å². The molecule has 0 unspecified atom stereocenters. The van der Waals surface area contributed by atoms with E-state index in [0.717, 1.165) is 29.8 Å². The molecule has 1 N–H and O–H groups in total. The smallest absolute Gasteiger partial charge is 0.227 e.